The van der Waals surface area contributed by atoms with Gasteiger partial charge in [0.15, 0.2) is 5.69 Å². The van der Waals surface area contributed by atoms with E-state index < -0.39 is 11.9 Å². The minimum absolute atomic E-state index is 0.0610. The quantitative estimate of drug-likeness (QED) is 0.849. The molecule has 0 bridgehead atoms. The Hall–Kier alpha value is -1.37. The van der Waals surface area contributed by atoms with Crippen molar-refractivity contribution in [1.29, 1.82) is 0 Å². The van der Waals surface area contributed by atoms with E-state index in [9.17, 15) is 18.0 Å². The van der Waals surface area contributed by atoms with Crippen molar-refractivity contribution in [3.8, 4) is 0 Å². The third kappa shape index (κ3) is 4.33. The van der Waals surface area contributed by atoms with Gasteiger partial charge in [-0.3, -0.25) is 4.79 Å². The monoisotopic (exact) mass is 304 g/mol. The predicted octanol–water partition coefficient (Wildman–Crippen LogP) is 3.18. The second kappa shape index (κ2) is 6.39. The Morgan fingerprint density at radius 1 is 1.50 bits per heavy atom. The van der Waals surface area contributed by atoms with Gasteiger partial charge in [0, 0.05) is 24.8 Å². The molecule has 0 spiro atoms. The Morgan fingerprint density at radius 3 is 2.90 bits per heavy atom. The highest BCUT2D eigenvalue weighted by molar-refractivity contribution is 7.09. The highest BCUT2D eigenvalue weighted by Gasteiger charge is 2.33. The Bertz CT molecular complexity index is 496. The molecule has 1 aliphatic carbocycles. The van der Waals surface area contributed by atoms with Crippen LogP contribution in [-0.4, -0.2) is 17.4 Å². The Labute approximate surface area is 118 Å². The van der Waals surface area contributed by atoms with Crippen LogP contribution in [0, 0.1) is 5.92 Å². The van der Waals surface area contributed by atoms with Crippen molar-refractivity contribution in [2.24, 2.45) is 5.92 Å². The molecule has 0 saturated carbocycles. The van der Waals surface area contributed by atoms with Crippen molar-refractivity contribution in [3.63, 3.8) is 0 Å². The number of amides is 1. The first-order valence-corrected chi connectivity index (χ1v) is 7.28. The zero-order valence-electron chi connectivity index (χ0n) is 10.7. The SMILES string of the molecule is O=C(CC1C=CCC1)NCCc1nc(C(F)(F)F)cs1. The summed E-state index contributed by atoms with van der Waals surface area (Å²) < 4.78 is 37.0. The molecule has 7 heteroatoms. The third-order valence-corrected chi connectivity index (χ3v) is 3.97. The van der Waals surface area contributed by atoms with Crippen LogP contribution in [0.2, 0.25) is 0 Å². The van der Waals surface area contributed by atoms with E-state index in [4.69, 9.17) is 0 Å². The number of thiazole rings is 1. The molecule has 1 amide bonds. The second-order valence-corrected chi connectivity index (χ2v) is 5.64. The summed E-state index contributed by atoms with van der Waals surface area (Å²) in [6.45, 7) is 0.320. The lowest BCUT2D eigenvalue weighted by atomic mass is 10.1. The maximum atomic E-state index is 12.3. The fourth-order valence-electron chi connectivity index (χ4n) is 2.04. The van der Waals surface area contributed by atoms with Crippen LogP contribution in [0.4, 0.5) is 13.2 Å². The molecule has 1 heterocycles. The van der Waals surface area contributed by atoms with E-state index in [0.717, 1.165) is 29.6 Å². The molecule has 1 aliphatic rings. The van der Waals surface area contributed by atoms with Gasteiger partial charge < -0.3 is 5.32 Å². The maximum Gasteiger partial charge on any atom is 0.434 e. The van der Waals surface area contributed by atoms with Crippen LogP contribution in [-0.2, 0) is 17.4 Å². The molecule has 0 aromatic carbocycles. The number of nitrogens with one attached hydrogen (secondary N) is 1. The van der Waals surface area contributed by atoms with E-state index in [-0.39, 0.29) is 5.91 Å². The average molecular weight is 304 g/mol. The molecule has 3 nitrogen and oxygen atoms in total. The molecule has 0 radical (unpaired) electrons. The van der Waals surface area contributed by atoms with Crippen molar-refractivity contribution >= 4 is 17.2 Å². The van der Waals surface area contributed by atoms with E-state index in [1.807, 2.05) is 6.08 Å². The van der Waals surface area contributed by atoms with Gasteiger partial charge in [-0.1, -0.05) is 12.2 Å². The van der Waals surface area contributed by atoms with Gasteiger partial charge in [-0.15, -0.1) is 11.3 Å². The van der Waals surface area contributed by atoms with Gasteiger partial charge in [-0.25, -0.2) is 4.98 Å². The molecule has 1 atom stereocenters. The summed E-state index contributed by atoms with van der Waals surface area (Å²) in [5, 5.41) is 4.11. The number of hydrogen-bond acceptors (Lipinski definition) is 3. The summed E-state index contributed by atoms with van der Waals surface area (Å²) in [5.41, 5.74) is -0.861. The van der Waals surface area contributed by atoms with Crippen LogP contribution >= 0.6 is 11.3 Å². The van der Waals surface area contributed by atoms with Gasteiger partial charge in [0.05, 0.1) is 5.01 Å². The van der Waals surface area contributed by atoms with Gasteiger partial charge in [-0.2, -0.15) is 13.2 Å². The molecule has 0 saturated heterocycles. The van der Waals surface area contributed by atoms with Crippen molar-refractivity contribution in [1.82, 2.24) is 10.3 Å². The molecule has 1 unspecified atom stereocenters. The molecule has 1 aromatic heterocycles. The smallest absolute Gasteiger partial charge is 0.356 e. The van der Waals surface area contributed by atoms with Crippen LogP contribution in [0.3, 0.4) is 0 Å². The van der Waals surface area contributed by atoms with Gasteiger partial charge in [0.2, 0.25) is 5.91 Å². The highest BCUT2D eigenvalue weighted by Crippen LogP contribution is 2.30. The molecule has 20 heavy (non-hydrogen) atoms. The first-order valence-electron chi connectivity index (χ1n) is 6.40. The molecule has 1 aromatic rings. The lowest BCUT2D eigenvalue weighted by molar-refractivity contribution is -0.140. The number of alkyl halides is 3. The first-order chi connectivity index (χ1) is 9.45. The minimum Gasteiger partial charge on any atom is -0.356 e. The van der Waals surface area contributed by atoms with Gasteiger partial charge in [0.1, 0.15) is 0 Å². The summed E-state index contributed by atoms with van der Waals surface area (Å²) in [6.07, 6.45) is 2.48. The van der Waals surface area contributed by atoms with E-state index in [1.165, 1.54) is 0 Å². The van der Waals surface area contributed by atoms with Crippen LogP contribution < -0.4 is 5.32 Å². The highest BCUT2D eigenvalue weighted by atomic mass is 32.1. The van der Waals surface area contributed by atoms with Crippen molar-refractivity contribution < 1.29 is 18.0 Å². The third-order valence-electron chi connectivity index (χ3n) is 3.06. The number of carbonyl (C=O) groups is 1. The Balaban J connectivity index is 1.71. The number of nitrogens with zero attached hydrogens (tertiary/aromatic N) is 1. The topological polar surface area (TPSA) is 42.0 Å². The van der Waals surface area contributed by atoms with Gasteiger partial charge in [0.25, 0.3) is 0 Å². The van der Waals surface area contributed by atoms with Crippen LogP contribution in [0.25, 0.3) is 0 Å². The van der Waals surface area contributed by atoms with E-state index in [2.05, 4.69) is 16.4 Å². The fourth-order valence-corrected chi connectivity index (χ4v) is 2.85. The number of allylic oxidation sites excluding steroid dienone is 2. The van der Waals surface area contributed by atoms with Crippen molar-refractivity contribution in [2.75, 3.05) is 6.54 Å². The molecule has 1 N–H and O–H groups in total. The molecular formula is C13H15F3N2OS. The summed E-state index contributed by atoms with van der Waals surface area (Å²) in [5.74, 6) is 0.237. The summed E-state index contributed by atoms with van der Waals surface area (Å²) in [4.78, 5) is 15.1. The zero-order chi connectivity index (χ0) is 14.6. The van der Waals surface area contributed by atoms with Crippen molar-refractivity contribution in [2.45, 2.75) is 31.9 Å². The van der Waals surface area contributed by atoms with Crippen LogP contribution in [0.15, 0.2) is 17.5 Å². The molecular weight excluding hydrogens is 289 g/mol. The predicted molar refractivity (Wildman–Crippen MR) is 70.3 cm³/mol. The number of rotatable bonds is 5. The maximum absolute atomic E-state index is 12.3. The number of halogens is 3. The van der Waals surface area contributed by atoms with E-state index in [1.54, 1.807) is 0 Å². The number of aromatic nitrogens is 1. The lowest BCUT2D eigenvalue weighted by Crippen LogP contribution is -2.27. The summed E-state index contributed by atoms with van der Waals surface area (Å²) in [6, 6.07) is 0. The van der Waals surface area contributed by atoms with Gasteiger partial charge >= 0.3 is 6.18 Å². The second-order valence-electron chi connectivity index (χ2n) is 4.69. The molecule has 2 rings (SSSR count). The Kier molecular flexibility index (Phi) is 4.80. The number of carbonyl (C=O) groups excluding carboxylic acids is 1. The number of hydrogen-bond donors (Lipinski definition) is 1. The minimum atomic E-state index is -4.40. The lowest BCUT2D eigenvalue weighted by Gasteiger charge is -2.07. The Morgan fingerprint density at radius 2 is 2.30 bits per heavy atom. The first kappa shape index (κ1) is 15.0. The van der Waals surface area contributed by atoms with Crippen LogP contribution in [0.1, 0.15) is 30.0 Å². The standard InChI is InChI=1S/C13H15F3N2OS/c14-13(15,16)10-8-20-12(18-10)5-6-17-11(19)7-9-3-1-2-4-9/h1,3,8-9H,2,4-7H2,(H,17,19). The fraction of sp³-hybridized carbons (Fsp3) is 0.538. The normalized spacial score (nSPS) is 18.4. The average Bonchev–Trinajstić information content (AvgIpc) is 2.98. The van der Waals surface area contributed by atoms with E-state index >= 15 is 0 Å². The van der Waals surface area contributed by atoms with Crippen LogP contribution in [0.5, 0.6) is 0 Å². The molecule has 0 fully saturated rings. The molecule has 110 valence electrons. The van der Waals surface area contributed by atoms with E-state index in [0.29, 0.717) is 30.3 Å². The largest absolute Gasteiger partial charge is 0.434 e. The molecule has 0 aliphatic heterocycles. The van der Waals surface area contributed by atoms with Crippen molar-refractivity contribution in [3.05, 3.63) is 28.2 Å². The summed E-state index contributed by atoms with van der Waals surface area (Å²) in [7, 11) is 0. The van der Waals surface area contributed by atoms with Gasteiger partial charge in [-0.05, 0) is 18.8 Å². The zero-order valence-corrected chi connectivity index (χ0v) is 11.6. The summed E-state index contributed by atoms with van der Waals surface area (Å²) >= 11 is 0.967.